The molecular formula is C27H30N6O5. The number of morpholine rings is 1. The van der Waals surface area contributed by atoms with E-state index in [4.69, 9.17) is 9.47 Å². The summed E-state index contributed by atoms with van der Waals surface area (Å²) in [5, 5.41) is 9.49. The fourth-order valence-electron chi connectivity index (χ4n) is 4.51. The summed E-state index contributed by atoms with van der Waals surface area (Å²) >= 11 is 0. The highest BCUT2D eigenvalue weighted by Gasteiger charge is 2.32. The van der Waals surface area contributed by atoms with E-state index in [1.165, 1.54) is 4.90 Å². The molecule has 2 aromatic carbocycles. The van der Waals surface area contributed by atoms with Gasteiger partial charge in [-0.25, -0.2) is 4.98 Å². The Bertz CT molecular complexity index is 1300. The van der Waals surface area contributed by atoms with Crippen molar-refractivity contribution in [2.75, 3.05) is 44.9 Å². The first kappa shape index (κ1) is 25.4. The number of nitrogens with zero attached hydrogens (tertiary/aromatic N) is 4. The van der Waals surface area contributed by atoms with Crippen molar-refractivity contribution in [3.8, 4) is 5.75 Å². The number of nitrogens with one attached hydrogen (secondary N) is 2. The number of ether oxygens (including phenoxy) is 2. The maximum Gasteiger partial charge on any atom is 0.291 e. The first-order valence-electron chi connectivity index (χ1n) is 12.6. The number of benzene rings is 2. The summed E-state index contributed by atoms with van der Waals surface area (Å²) in [5.74, 6) is 0.242. The fourth-order valence-corrected chi connectivity index (χ4v) is 4.51. The second kappa shape index (κ2) is 11.4. The summed E-state index contributed by atoms with van der Waals surface area (Å²) in [6.07, 6.45) is 1.42. The Morgan fingerprint density at radius 2 is 1.89 bits per heavy atom. The zero-order valence-corrected chi connectivity index (χ0v) is 21.2. The second-order valence-electron chi connectivity index (χ2n) is 9.30. The highest BCUT2D eigenvalue weighted by atomic mass is 16.5. The number of carbonyl (C=O) groups is 3. The minimum absolute atomic E-state index is 0.0297. The summed E-state index contributed by atoms with van der Waals surface area (Å²) < 4.78 is 11.2. The zero-order chi connectivity index (χ0) is 26.5. The lowest BCUT2D eigenvalue weighted by molar-refractivity contribution is -0.135. The molecule has 0 saturated carbocycles. The quantitative estimate of drug-likeness (QED) is 0.483. The van der Waals surface area contributed by atoms with Crippen LogP contribution in [0.5, 0.6) is 5.75 Å². The topological polar surface area (TPSA) is 130 Å². The third-order valence-electron chi connectivity index (χ3n) is 6.66. The molecular weight excluding hydrogens is 488 g/mol. The van der Waals surface area contributed by atoms with Crippen molar-refractivity contribution in [1.29, 1.82) is 0 Å². The Labute approximate surface area is 220 Å². The van der Waals surface area contributed by atoms with Crippen LogP contribution in [-0.2, 0) is 27.2 Å². The minimum Gasteiger partial charge on any atom is -0.489 e. The summed E-state index contributed by atoms with van der Waals surface area (Å²) in [5.41, 5.74) is 2.54. The molecule has 38 heavy (non-hydrogen) atoms. The number of aromatic nitrogens is 3. The summed E-state index contributed by atoms with van der Waals surface area (Å²) in [6, 6.07) is 14.3. The van der Waals surface area contributed by atoms with Gasteiger partial charge in [0.15, 0.2) is 0 Å². The number of aromatic amines is 1. The van der Waals surface area contributed by atoms with Crippen LogP contribution in [0.25, 0.3) is 0 Å². The zero-order valence-electron chi connectivity index (χ0n) is 21.2. The van der Waals surface area contributed by atoms with Crippen LogP contribution in [0, 0.1) is 0 Å². The molecule has 3 heterocycles. The highest BCUT2D eigenvalue weighted by Crippen LogP contribution is 2.32. The molecule has 2 N–H and O–H groups in total. The molecule has 1 fully saturated rings. The van der Waals surface area contributed by atoms with Gasteiger partial charge in [0, 0.05) is 33.0 Å². The molecule has 0 aliphatic carbocycles. The highest BCUT2D eigenvalue weighted by molar-refractivity contribution is 6.02. The SMILES string of the molecule is CN1C(=O)[C@@H](NC(=O)c2n[nH]c(Cc3ccccc3)n2)COc2ccc(CCC(=O)N3CCOCC3)cc21. The normalized spacial score (nSPS) is 17.4. The van der Waals surface area contributed by atoms with Crippen molar-refractivity contribution in [3.63, 3.8) is 0 Å². The van der Waals surface area contributed by atoms with Crippen LogP contribution in [0.3, 0.4) is 0 Å². The standard InChI is InChI=1S/C27H30N6O5/c1-32-21-15-19(8-10-24(34)33-11-13-37-14-12-33)7-9-22(21)38-17-20(27(32)36)28-26(35)25-29-23(30-31-25)16-18-5-3-2-4-6-18/h2-7,9,15,20H,8,10-14,16-17H2,1H3,(H,28,35)(H,29,30,31)/t20-/m0/s1. The molecule has 0 radical (unpaired) electrons. The predicted octanol–water partition coefficient (Wildman–Crippen LogP) is 1.34. The van der Waals surface area contributed by atoms with Gasteiger partial charge < -0.3 is 24.6 Å². The van der Waals surface area contributed by atoms with Crippen molar-refractivity contribution < 1.29 is 23.9 Å². The molecule has 11 heteroatoms. The van der Waals surface area contributed by atoms with E-state index in [9.17, 15) is 14.4 Å². The van der Waals surface area contributed by atoms with E-state index >= 15 is 0 Å². The van der Waals surface area contributed by atoms with Crippen LogP contribution in [-0.4, -0.2) is 83.8 Å². The molecule has 1 aromatic heterocycles. The Morgan fingerprint density at radius 1 is 1.11 bits per heavy atom. The van der Waals surface area contributed by atoms with Crippen molar-refractivity contribution in [1.82, 2.24) is 25.4 Å². The lowest BCUT2D eigenvalue weighted by atomic mass is 10.1. The van der Waals surface area contributed by atoms with E-state index in [1.54, 1.807) is 13.1 Å². The summed E-state index contributed by atoms with van der Waals surface area (Å²) in [7, 11) is 1.64. The van der Waals surface area contributed by atoms with Crippen molar-refractivity contribution >= 4 is 23.4 Å². The predicted molar refractivity (Wildman–Crippen MR) is 138 cm³/mol. The van der Waals surface area contributed by atoms with Gasteiger partial charge in [-0.3, -0.25) is 19.5 Å². The average molecular weight is 519 g/mol. The number of hydrogen-bond acceptors (Lipinski definition) is 7. The molecule has 0 spiro atoms. The van der Waals surface area contributed by atoms with Crippen LogP contribution in [0.4, 0.5) is 5.69 Å². The second-order valence-corrected chi connectivity index (χ2v) is 9.30. The van der Waals surface area contributed by atoms with Gasteiger partial charge in [-0.15, -0.1) is 5.10 Å². The maximum absolute atomic E-state index is 13.2. The van der Waals surface area contributed by atoms with Gasteiger partial charge in [0.25, 0.3) is 11.8 Å². The van der Waals surface area contributed by atoms with Gasteiger partial charge in [-0.1, -0.05) is 36.4 Å². The third-order valence-corrected chi connectivity index (χ3v) is 6.66. The van der Waals surface area contributed by atoms with E-state index < -0.39 is 11.9 Å². The summed E-state index contributed by atoms with van der Waals surface area (Å²) in [4.78, 5) is 46.1. The van der Waals surface area contributed by atoms with E-state index in [0.29, 0.717) is 62.8 Å². The lowest BCUT2D eigenvalue weighted by Gasteiger charge is -2.27. The molecule has 0 unspecified atom stereocenters. The Morgan fingerprint density at radius 3 is 2.68 bits per heavy atom. The number of rotatable bonds is 7. The van der Waals surface area contributed by atoms with Crippen molar-refractivity contribution in [3.05, 3.63) is 71.3 Å². The molecule has 198 valence electrons. The van der Waals surface area contributed by atoms with Gasteiger partial charge in [0.2, 0.25) is 11.7 Å². The van der Waals surface area contributed by atoms with Gasteiger partial charge in [-0.05, 0) is 29.7 Å². The van der Waals surface area contributed by atoms with Gasteiger partial charge in [0.1, 0.15) is 24.2 Å². The Hall–Kier alpha value is -4.25. The number of hydrogen-bond donors (Lipinski definition) is 2. The molecule has 2 aliphatic heterocycles. The number of aryl methyl sites for hydroxylation is 1. The van der Waals surface area contributed by atoms with Crippen molar-refractivity contribution in [2.24, 2.45) is 0 Å². The van der Waals surface area contributed by atoms with E-state index in [1.807, 2.05) is 47.4 Å². The molecule has 5 rings (SSSR count). The number of likely N-dealkylation sites (N-methyl/N-ethyl adjacent to an activating group) is 1. The van der Waals surface area contributed by atoms with Gasteiger partial charge >= 0.3 is 0 Å². The van der Waals surface area contributed by atoms with Crippen LogP contribution in [0.1, 0.15) is 34.0 Å². The average Bonchev–Trinajstić information content (AvgIpc) is 3.39. The fraction of sp³-hybridized carbons (Fsp3) is 0.370. The largest absolute Gasteiger partial charge is 0.489 e. The van der Waals surface area contributed by atoms with Crippen LogP contribution in [0.15, 0.2) is 48.5 Å². The Balaban J connectivity index is 1.20. The van der Waals surface area contributed by atoms with Gasteiger partial charge in [-0.2, -0.15) is 0 Å². The molecule has 1 saturated heterocycles. The molecule has 0 bridgehead atoms. The smallest absolute Gasteiger partial charge is 0.291 e. The summed E-state index contributed by atoms with van der Waals surface area (Å²) in [6.45, 7) is 2.33. The molecule has 3 aromatic rings. The number of H-pyrrole nitrogens is 1. The molecule has 2 aliphatic rings. The number of fused-ring (bicyclic) bond motifs is 1. The van der Waals surface area contributed by atoms with Crippen LogP contribution in [0.2, 0.25) is 0 Å². The van der Waals surface area contributed by atoms with E-state index in [2.05, 4.69) is 20.5 Å². The first-order valence-corrected chi connectivity index (χ1v) is 12.6. The van der Waals surface area contributed by atoms with Crippen LogP contribution >= 0.6 is 0 Å². The monoisotopic (exact) mass is 518 g/mol. The molecule has 3 amide bonds. The molecule has 1 atom stereocenters. The van der Waals surface area contributed by atoms with Crippen molar-refractivity contribution in [2.45, 2.75) is 25.3 Å². The van der Waals surface area contributed by atoms with Crippen LogP contribution < -0.4 is 15.0 Å². The van der Waals surface area contributed by atoms with E-state index in [-0.39, 0.29) is 24.2 Å². The number of carbonyl (C=O) groups excluding carboxylic acids is 3. The van der Waals surface area contributed by atoms with E-state index in [0.717, 1.165) is 11.1 Å². The Kier molecular flexibility index (Phi) is 7.64. The minimum atomic E-state index is -0.915. The number of anilines is 1. The van der Waals surface area contributed by atoms with Gasteiger partial charge in [0.05, 0.1) is 18.9 Å². The lowest BCUT2D eigenvalue weighted by Crippen LogP contribution is -2.49. The maximum atomic E-state index is 13.2. The number of amides is 3. The first-order chi connectivity index (χ1) is 18.5. The third kappa shape index (κ3) is 5.83. The molecule has 11 nitrogen and oxygen atoms in total.